The first-order valence-corrected chi connectivity index (χ1v) is 14.0. The molecule has 0 saturated heterocycles. The van der Waals surface area contributed by atoms with Crippen LogP contribution in [-0.4, -0.2) is 77.4 Å². The summed E-state index contributed by atoms with van der Waals surface area (Å²) >= 11 is 0. The summed E-state index contributed by atoms with van der Waals surface area (Å²) in [7, 11) is 6.46. The van der Waals surface area contributed by atoms with Gasteiger partial charge >= 0.3 is 6.09 Å². The average molecular weight is 599 g/mol. The van der Waals surface area contributed by atoms with Crippen LogP contribution in [0.4, 0.5) is 14.9 Å². The maximum Gasteiger partial charge on any atom is 0.407 e. The molecule has 12 nitrogen and oxygen atoms in total. The molecule has 0 bridgehead atoms. The minimum absolute atomic E-state index is 0.00172. The normalized spacial score (nSPS) is 12.0. The first-order valence-electron chi connectivity index (χ1n) is 14.0. The number of rotatable bonds is 14. The smallest absolute Gasteiger partial charge is 0.407 e. The minimum atomic E-state index is -1.06. The maximum atomic E-state index is 14.3. The second-order valence-corrected chi connectivity index (χ2v) is 10.2. The summed E-state index contributed by atoms with van der Waals surface area (Å²) in [6, 6.07) is 4.92. The number of aromatic nitrogens is 3. The topological polar surface area (TPSA) is 137 Å². The number of nitrogens with zero attached hydrogens (tertiary/aromatic N) is 4. The van der Waals surface area contributed by atoms with E-state index in [-0.39, 0.29) is 43.6 Å². The lowest BCUT2D eigenvalue weighted by atomic mass is 10.1. The Morgan fingerprint density at radius 3 is 2.67 bits per heavy atom. The second kappa shape index (κ2) is 15.6. The van der Waals surface area contributed by atoms with Crippen molar-refractivity contribution in [3.63, 3.8) is 0 Å². The number of ether oxygens (including phenoxy) is 2. The van der Waals surface area contributed by atoms with E-state index in [2.05, 4.69) is 10.6 Å². The van der Waals surface area contributed by atoms with Gasteiger partial charge < -0.3 is 34.1 Å². The lowest BCUT2D eigenvalue weighted by molar-refractivity contribution is -0.123. The van der Waals surface area contributed by atoms with E-state index < -0.39 is 23.6 Å². The van der Waals surface area contributed by atoms with Crippen LogP contribution in [0.15, 0.2) is 47.4 Å². The predicted molar refractivity (Wildman–Crippen MR) is 160 cm³/mol. The third-order valence-corrected chi connectivity index (χ3v) is 6.68. The molecule has 232 valence electrons. The number of halogens is 1. The molecule has 2 aromatic heterocycles. The molecule has 0 fully saturated rings. The van der Waals surface area contributed by atoms with Gasteiger partial charge in [0, 0.05) is 34.4 Å². The zero-order valence-corrected chi connectivity index (χ0v) is 25.2. The van der Waals surface area contributed by atoms with E-state index in [1.807, 2.05) is 6.92 Å². The molecule has 0 aliphatic rings. The number of carbonyl (C=O) groups excluding carboxylic acids is 3. The number of pyridine rings is 1. The van der Waals surface area contributed by atoms with Gasteiger partial charge in [0.05, 0.1) is 24.2 Å². The highest BCUT2D eigenvalue weighted by molar-refractivity contribution is 5.96. The number of aryl methyl sites for hydroxylation is 2. The number of amides is 3. The number of allylic oxidation sites excluding steroid dienone is 1. The van der Waals surface area contributed by atoms with E-state index in [1.54, 1.807) is 44.0 Å². The van der Waals surface area contributed by atoms with Crippen LogP contribution in [0.5, 0.6) is 0 Å². The molecular weight excluding hydrogens is 559 g/mol. The van der Waals surface area contributed by atoms with Gasteiger partial charge in [-0.25, -0.2) is 14.2 Å². The lowest BCUT2D eigenvalue weighted by Gasteiger charge is -2.18. The van der Waals surface area contributed by atoms with Gasteiger partial charge in [0.25, 0.3) is 5.56 Å². The molecule has 0 aliphatic carbocycles. The Bertz CT molecular complexity index is 1530. The largest absolute Gasteiger partial charge is 0.447 e. The van der Waals surface area contributed by atoms with Gasteiger partial charge in [0.15, 0.2) is 0 Å². The number of imidazole rings is 1. The first-order chi connectivity index (χ1) is 20.5. The van der Waals surface area contributed by atoms with Crippen LogP contribution in [0, 0.1) is 5.82 Å². The summed E-state index contributed by atoms with van der Waals surface area (Å²) in [6.45, 7) is 2.27. The third-order valence-electron chi connectivity index (χ3n) is 6.68. The van der Waals surface area contributed by atoms with Crippen LogP contribution >= 0.6 is 0 Å². The molecule has 1 aromatic carbocycles. The van der Waals surface area contributed by atoms with Crippen molar-refractivity contribution in [2.45, 2.75) is 45.2 Å². The van der Waals surface area contributed by atoms with Crippen LogP contribution in [0.2, 0.25) is 0 Å². The fourth-order valence-electron chi connectivity index (χ4n) is 4.36. The molecule has 43 heavy (non-hydrogen) atoms. The number of benzene rings is 1. The van der Waals surface area contributed by atoms with E-state index in [0.29, 0.717) is 29.7 Å². The number of alkyl carbamates (subject to hydrolysis) is 1. The van der Waals surface area contributed by atoms with Crippen molar-refractivity contribution in [2.24, 2.45) is 7.05 Å². The van der Waals surface area contributed by atoms with Gasteiger partial charge in [-0.2, -0.15) is 0 Å². The summed E-state index contributed by atoms with van der Waals surface area (Å²) < 4.78 is 27.3. The number of hydrogen-bond donors (Lipinski definition) is 2. The van der Waals surface area contributed by atoms with E-state index in [0.717, 1.165) is 12.0 Å². The molecule has 3 rings (SSSR count). The Labute approximate surface area is 249 Å². The SMILES string of the molecule is CCCc1cc(F)cc2c1nc(Cn1cccc(NC(=O)[C@H](CC/C=C/C(=O)N(C)C)NC(=O)OCCOC)c1=O)n2C. The zero-order chi connectivity index (χ0) is 31.5. The molecule has 0 saturated carbocycles. The van der Waals surface area contributed by atoms with Crippen molar-refractivity contribution < 1.29 is 28.2 Å². The Morgan fingerprint density at radius 1 is 1.21 bits per heavy atom. The number of carbonyl (C=O) groups is 3. The number of hydrogen-bond acceptors (Lipinski definition) is 7. The van der Waals surface area contributed by atoms with E-state index >= 15 is 0 Å². The van der Waals surface area contributed by atoms with E-state index in [1.165, 1.54) is 40.9 Å². The number of anilines is 1. The summed E-state index contributed by atoms with van der Waals surface area (Å²) in [5.74, 6) is -0.655. The highest BCUT2D eigenvalue weighted by Crippen LogP contribution is 2.23. The van der Waals surface area contributed by atoms with Crippen LogP contribution in [-0.2, 0) is 39.1 Å². The van der Waals surface area contributed by atoms with Crippen LogP contribution in [0.25, 0.3) is 11.0 Å². The van der Waals surface area contributed by atoms with Gasteiger partial charge in [-0.1, -0.05) is 19.4 Å². The molecule has 0 spiro atoms. The maximum absolute atomic E-state index is 14.3. The van der Waals surface area contributed by atoms with Crippen molar-refractivity contribution in [1.29, 1.82) is 0 Å². The fourth-order valence-corrected chi connectivity index (χ4v) is 4.36. The molecule has 0 unspecified atom stereocenters. The second-order valence-electron chi connectivity index (χ2n) is 10.2. The monoisotopic (exact) mass is 598 g/mol. The van der Waals surface area contributed by atoms with Crippen molar-refractivity contribution >= 4 is 34.6 Å². The standard InChI is InChI=1S/C30H39FN6O6/c1-6-10-20-17-21(31)18-24-27(20)34-25(36(24)4)19-37-14-9-12-23(29(37)40)32-28(39)22(33-30(41)43-16-15-42-5)11-7-8-13-26(38)35(2)3/h8-9,12-14,17-18,22H,6-7,10-11,15-16,19H2,1-5H3,(H,32,39)(H,33,41)/b13-8+/t22-/m0/s1. The Balaban J connectivity index is 1.80. The van der Waals surface area contributed by atoms with Crippen molar-refractivity contribution in [3.05, 3.63) is 70.2 Å². The van der Waals surface area contributed by atoms with Crippen LogP contribution in [0.1, 0.15) is 37.6 Å². The summed E-state index contributed by atoms with van der Waals surface area (Å²) in [5.41, 5.74) is 1.63. The van der Waals surface area contributed by atoms with E-state index in [4.69, 9.17) is 14.5 Å². The molecule has 1 atom stereocenters. The average Bonchev–Trinajstić information content (AvgIpc) is 3.27. The number of methoxy groups -OCH3 is 1. The summed E-state index contributed by atoms with van der Waals surface area (Å²) in [6.07, 6.45) is 5.66. The molecule has 2 N–H and O–H groups in total. The zero-order valence-electron chi connectivity index (χ0n) is 25.2. The number of fused-ring (bicyclic) bond motifs is 1. The number of nitrogens with one attached hydrogen (secondary N) is 2. The molecule has 0 radical (unpaired) electrons. The van der Waals surface area contributed by atoms with Gasteiger partial charge in [0.2, 0.25) is 11.8 Å². The van der Waals surface area contributed by atoms with Gasteiger partial charge in [-0.05, 0) is 55.2 Å². The summed E-state index contributed by atoms with van der Waals surface area (Å²) in [5, 5.41) is 5.12. The molecule has 3 aromatic rings. The predicted octanol–water partition coefficient (Wildman–Crippen LogP) is 2.98. The first kappa shape index (κ1) is 33.0. The molecule has 3 amide bonds. The van der Waals surface area contributed by atoms with Gasteiger partial charge in [-0.15, -0.1) is 0 Å². The Kier molecular flexibility index (Phi) is 12.0. The van der Waals surface area contributed by atoms with Crippen molar-refractivity contribution in [1.82, 2.24) is 24.3 Å². The molecule has 2 heterocycles. The van der Waals surface area contributed by atoms with Crippen LogP contribution < -0.4 is 16.2 Å². The lowest BCUT2D eigenvalue weighted by Crippen LogP contribution is -2.45. The molecule has 0 aliphatic heterocycles. The highest BCUT2D eigenvalue weighted by Gasteiger charge is 2.23. The van der Waals surface area contributed by atoms with Crippen LogP contribution in [0.3, 0.4) is 0 Å². The Hall–Kier alpha value is -4.52. The highest BCUT2D eigenvalue weighted by atomic mass is 19.1. The van der Waals surface area contributed by atoms with E-state index in [9.17, 15) is 23.6 Å². The quantitative estimate of drug-likeness (QED) is 0.215. The third kappa shape index (κ3) is 8.98. The summed E-state index contributed by atoms with van der Waals surface area (Å²) in [4.78, 5) is 56.8. The molecule has 13 heteroatoms. The van der Waals surface area contributed by atoms with Crippen molar-refractivity contribution in [3.8, 4) is 0 Å². The van der Waals surface area contributed by atoms with Gasteiger partial charge in [0.1, 0.15) is 30.0 Å². The fraction of sp³-hybridized carbons (Fsp3) is 0.433. The molecular formula is C30H39FN6O6. The van der Waals surface area contributed by atoms with Crippen molar-refractivity contribution in [2.75, 3.05) is 39.7 Å². The Morgan fingerprint density at radius 2 is 1.98 bits per heavy atom. The number of likely N-dealkylation sites (N-methyl/N-ethyl adjacent to an activating group) is 1. The van der Waals surface area contributed by atoms with Gasteiger partial charge in [-0.3, -0.25) is 14.4 Å². The minimum Gasteiger partial charge on any atom is -0.447 e.